The van der Waals surface area contributed by atoms with E-state index in [9.17, 15) is 9.90 Å². The van der Waals surface area contributed by atoms with Crippen molar-refractivity contribution >= 4 is 29.0 Å². The lowest BCUT2D eigenvalue weighted by Crippen LogP contribution is -2.45. The van der Waals surface area contributed by atoms with Crippen LogP contribution < -0.4 is 15.5 Å². The molecule has 0 aliphatic rings. The van der Waals surface area contributed by atoms with E-state index in [2.05, 4.69) is 10.6 Å². The highest BCUT2D eigenvalue weighted by Crippen LogP contribution is 2.27. The van der Waals surface area contributed by atoms with Gasteiger partial charge in [-0.15, -0.1) is 0 Å². The maximum Gasteiger partial charge on any atom is 0.319 e. The number of halogens is 1. The van der Waals surface area contributed by atoms with E-state index in [0.717, 1.165) is 5.69 Å². The summed E-state index contributed by atoms with van der Waals surface area (Å²) in [7, 11) is 3.80. The Bertz CT molecular complexity index is 502. The predicted octanol–water partition coefficient (Wildman–Crippen LogP) is 2.93. The number of urea groups is 1. The highest BCUT2D eigenvalue weighted by atomic mass is 35.5. The average Bonchev–Trinajstić information content (AvgIpc) is 2.36. The number of amides is 2. The molecule has 5 nitrogen and oxygen atoms in total. The standard InChI is InChI=1S/C15H24ClN3O2/c1-10(2)15(3,21)9-17-14(20)18-11-6-7-13(19(4)5)12(16)8-11/h6-8,10,21H,9H2,1-5H3,(H2,17,18,20). The van der Waals surface area contributed by atoms with Gasteiger partial charge in [-0.3, -0.25) is 0 Å². The van der Waals surface area contributed by atoms with Crippen LogP contribution in [0.1, 0.15) is 20.8 Å². The summed E-state index contributed by atoms with van der Waals surface area (Å²) < 4.78 is 0. The molecule has 1 rings (SSSR count). The monoisotopic (exact) mass is 313 g/mol. The number of carbonyl (C=O) groups excluding carboxylic acids is 1. The maximum absolute atomic E-state index is 11.8. The molecule has 1 aromatic rings. The van der Waals surface area contributed by atoms with Crippen molar-refractivity contribution in [3.05, 3.63) is 23.2 Å². The van der Waals surface area contributed by atoms with Crippen LogP contribution in [0.25, 0.3) is 0 Å². The molecule has 6 heteroatoms. The molecule has 0 saturated carbocycles. The number of hydrogen-bond donors (Lipinski definition) is 3. The van der Waals surface area contributed by atoms with Crippen molar-refractivity contribution in [1.29, 1.82) is 0 Å². The fraction of sp³-hybridized carbons (Fsp3) is 0.533. The smallest absolute Gasteiger partial charge is 0.319 e. The molecule has 0 aromatic heterocycles. The maximum atomic E-state index is 11.8. The van der Waals surface area contributed by atoms with Gasteiger partial charge >= 0.3 is 6.03 Å². The van der Waals surface area contributed by atoms with Crippen LogP contribution in [0.3, 0.4) is 0 Å². The number of rotatable bonds is 5. The molecule has 118 valence electrons. The van der Waals surface area contributed by atoms with E-state index in [1.54, 1.807) is 19.1 Å². The zero-order chi connectivity index (χ0) is 16.2. The van der Waals surface area contributed by atoms with E-state index < -0.39 is 5.60 Å². The van der Waals surface area contributed by atoms with Crippen molar-refractivity contribution in [2.45, 2.75) is 26.4 Å². The molecule has 0 heterocycles. The van der Waals surface area contributed by atoms with Crippen LogP contribution >= 0.6 is 11.6 Å². The molecule has 0 bridgehead atoms. The van der Waals surface area contributed by atoms with E-state index in [1.165, 1.54) is 0 Å². The van der Waals surface area contributed by atoms with Crippen LogP contribution in [0.5, 0.6) is 0 Å². The Balaban J connectivity index is 2.62. The molecule has 0 aliphatic heterocycles. The lowest BCUT2D eigenvalue weighted by atomic mass is 9.93. The Morgan fingerprint density at radius 2 is 2.05 bits per heavy atom. The molecule has 0 fully saturated rings. The summed E-state index contributed by atoms with van der Waals surface area (Å²) in [5.41, 5.74) is 0.543. The van der Waals surface area contributed by atoms with Crippen molar-refractivity contribution in [1.82, 2.24) is 5.32 Å². The summed E-state index contributed by atoms with van der Waals surface area (Å²) in [5.74, 6) is 0.0478. The van der Waals surface area contributed by atoms with E-state index in [0.29, 0.717) is 10.7 Å². The minimum absolute atomic E-state index is 0.0478. The van der Waals surface area contributed by atoms with E-state index >= 15 is 0 Å². The lowest BCUT2D eigenvalue weighted by molar-refractivity contribution is 0.0170. The van der Waals surface area contributed by atoms with Crippen molar-refractivity contribution in [3.8, 4) is 0 Å². The van der Waals surface area contributed by atoms with Crippen molar-refractivity contribution in [3.63, 3.8) is 0 Å². The predicted molar refractivity (Wildman–Crippen MR) is 88.3 cm³/mol. The van der Waals surface area contributed by atoms with Gasteiger partial charge in [-0.25, -0.2) is 4.79 Å². The Labute approximate surface area is 131 Å². The fourth-order valence-corrected chi connectivity index (χ4v) is 1.94. The van der Waals surface area contributed by atoms with E-state index in [4.69, 9.17) is 11.6 Å². The summed E-state index contributed by atoms with van der Waals surface area (Å²) in [6.45, 7) is 5.68. The number of benzene rings is 1. The molecule has 1 aromatic carbocycles. The van der Waals surface area contributed by atoms with Gasteiger partial charge < -0.3 is 20.6 Å². The van der Waals surface area contributed by atoms with Gasteiger partial charge in [0.25, 0.3) is 0 Å². The Hall–Kier alpha value is -1.46. The van der Waals surface area contributed by atoms with Gasteiger partial charge in [0.1, 0.15) is 0 Å². The van der Waals surface area contributed by atoms with Crippen LogP contribution in [-0.4, -0.2) is 37.4 Å². The lowest BCUT2D eigenvalue weighted by Gasteiger charge is -2.27. The molecule has 0 saturated heterocycles. The van der Waals surface area contributed by atoms with Gasteiger partial charge in [0, 0.05) is 26.3 Å². The molecular weight excluding hydrogens is 290 g/mol. The largest absolute Gasteiger partial charge is 0.388 e. The first-order valence-corrected chi connectivity index (χ1v) is 7.25. The van der Waals surface area contributed by atoms with Crippen LogP contribution in [0.4, 0.5) is 16.2 Å². The summed E-state index contributed by atoms with van der Waals surface area (Å²) >= 11 is 6.15. The fourth-order valence-electron chi connectivity index (χ4n) is 1.59. The van der Waals surface area contributed by atoms with Crippen LogP contribution in [-0.2, 0) is 0 Å². The zero-order valence-electron chi connectivity index (χ0n) is 13.2. The molecule has 3 N–H and O–H groups in total. The Kier molecular flexibility index (Phi) is 5.87. The number of nitrogens with one attached hydrogen (secondary N) is 2. The third-order valence-electron chi connectivity index (χ3n) is 3.54. The van der Waals surface area contributed by atoms with E-state index in [-0.39, 0.29) is 18.5 Å². The second-order valence-corrected chi connectivity index (χ2v) is 6.29. The van der Waals surface area contributed by atoms with Gasteiger partial charge in [0.05, 0.1) is 16.3 Å². The van der Waals surface area contributed by atoms with Gasteiger partial charge in [-0.05, 0) is 31.0 Å². The van der Waals surface area contributed by atoms with Crippen LogP contribution in [0.2, 0.25) is 5.02 Å². The molecule has 1 atom stereocenters. The molecule has 21 heavy (non-hydrogen) atoms. The molecular formula is C15H24ClN3O2. The molecule has 0 aliphatic carbocycles. The third kappa shape index (κ3) is 5.10. The van der Waals surface area contributed by atoms with Gasteiger partial charge in [-0.2, -0.15) is 0 Å². The first-order chi connectivity index (χ1) is 9.63. The van der Waals surface area contributed by atoms with E-state index in [1.807, 2.05) is 38.9 Å². The average molecular weight is 314 g/mol. The first-order valence-electron chi connectivity index (χ1n) is 6.87. The molecule has 2 amide bonds. The molecule has 0 radical (unpaired) electrons. The quantitative estimate of drug-likeness (QED) is 0.783. The van der Waals surface area contributed by atoms with Gasteiger partial charge in [0.2, 0.25) is 0 Å². The van der Waals surface area contributed by atoms with Crippen molar-refractivity contribution < 1.29 is 9.90 Å². The van der Waals surface area contributed by atoms with Gasteiger partial charge in [-0.1, -0.05) is 25.4 Å². The van der Waals surface area contributed by atoms with Crippen LogP contribution in [0.15, 0.2) is 18.2 Å². The number of nitrogens with zero attached hydrogens (tertiary/aromatic N) is 1. The zero-order valence-corrected chi connectivity index (χ0v) is 14.0. The Morgan fingerprint density at radius 3 is 2.52 bits per heavy atom. The third-order valence-corrected chi connectivity index (χ3v) is 3.84. The second-order valence-electron chi connectivity index (χ2n) is 5.88. The highest BCUT2D eigenvalue weighted by Gasteiger charge is 2.25. The highest BCUT2D eigenvalue weighted by molar-refractivity contribution is 6.33. The molecule has 1 unspecified atom stereocenters. The number of carbonyl (C=O) groups is 1. The Morgan fingerprint density at radius 1 is 1.43 bits per heavy atom. The summed E-state index contributed by atoms with van der Waals surface area (Å²) in [6, 6.07) is 4.94. The minimum Gasteiger partial charge on any atom is -0.388 e. The summed E-state index contributed by atoms with van der Waals surface area (Å²) in [6.07, 6.45) is 0. The van der Waals surface area contributed by atoms with Crippen molar-refractivity contribution in [2.24, 2.45) is 5.92 Å². The summed E-state index contributed by atoms with van der Waals surface area (Å²) in [4.78, 5) is 13.7. The minimum atomic E-state index is -0.941. The topological polar surface area (TPSA) is 64.6 Å². The van der Waals surface area contributed by atoms with Gasteiger partial charge in [0.15, 0.2) is 0 Å². The number of hydrogen-bond acceptors (Lipinski definition) is 3. The first kappa shape index (κ1) is 17.6. The second kappa shape index (κ2) is 7.00. The number of aliphatic hydroxyl groups is 1. The number of anilines is 2. The molecule has 0 spiro atoms. The normalized spacial score (nSPS) is 13.7. The summed E-state index contributed by atoms with van der Waals surface area (Å²) in [5, 5.41) is 16.0. The van der Waals surface area contributed by atoms with Crippen LogP contribution in [0, 0.1) is 5.92 Å². The van der Waals surface area contributed by atoms with Crippen molar-refractivity contribution in [2.75, 3.05) is 30.9 Å². The SMILES string of the molecule is CC(C)C(C)(O)CNC(=O)Nc1ccc(N(C)C)c(Cl)c1.